The average Bonchev–Trinajstić information content (AvgIpc) is 4.23. The van der Waals surface area contributed by atoms with Gasteiger partial charge in [-0.25, -0.2) is 19.6 Å². The molecule has 1 saturated carbocycles. The third-order valence-corrected chi connectivity index (χ3v) is 14.5. The normalized spacial score (nSPS) is 21.9. The minimum atomic E-state index is -0.958. The Kier molecular flexibility index (Phi) is 12.3. The van der Waals surface area contributed by atoms with Crippen molar-refractivity contribution < 1.29 is 42.9 Å². The summed E-state index contributed by atoms with van der Waals surface area (Å²) in [4.78, 5) is 74.4. The van der Waals surface area contributed by atoms with Gasteiger partial charge in [0, 0.05) is 43.7 Å². The Labute approximate surface area is 393 Å². The summed E-state index contributed by atoms with van der Waals surface area (Å²) in [6, 6.07) is 21.2. The van der Waals surface area contributed by atoms with Crippen LogP contribution in [0, 0.1) is 11.8 Å². The van der Waals surface area contributed by atoms with Crippen LogP contribution in [0.5, 0.6) is 5.75 Å². The Balaban J connectivity index is 0.919. The summed E-state index contributed by atoms with van der Waals surface area (Å²) in [5, 5.41) is 7.37. The van der Waals surface area contributed by atoms with Crippen molar-refractivity contribution in [2.24, 2.45) is 11.8 Å². The number of alkyl carbamates (subject to hydrolysis) is 2. The Hall–Kier alpha value is -6.98. The number of nitrogens with one attached hydrogen (secondary N) is 4. The molecule has 1 aliphatic carbocycles. The number of benzene rings is 4. The number of aromatic nitrogens is 4. The largest absolute Gasteiger partial charge is 0.488 e. The van der Waals surface area contributed by atoms with Crippen LogP contribution >= 0.6 is 0 Å². The smallest absolute Gasteiger partial charge is 0.407 e. The van der Waals surface area contributed by atoms with Crippen LogP contribution in [0.4, 0.5) is 9.59 Å². The molecule has 3 aliphatic heterocycles. The summed E-state index contributed by atoms with van der Waals surface area (Å²) < 4.78 is 27.4. The molecule has 2 saturated heterocycles. The van der Waals surface area contributed by atoms with E-state index in [1.807, 2.05) is 47.5 Å². The maximum atomic E-state index is 14.4. The van der Waals surface area contributed by atoms with Crippen molar-refractivity contribution in [1.29, 1.82) is 0 Å². The van der Waals surface area contributed by atoms with E-state index in [1.165, 1.54) is 21.3 Å². The molecule has 2 unspecified atom stereocenters. The highest BCUT2D eigenvalue weighted by molar-refractivity contribution is 6.07. The monoisotopic (exact) mass is 924 g/mol. The van der Waals surface area contributed by atoms with Crippen LogP contribution in [0.2, 0.25) is 0 Å². The van der Waals surface area contributed by atoms with Crippen LogP contribution in [0.3, 0.4) is 0 Å². The molecule has 4 aliphatic rings. The lowest BCUT2D eigenvalue weighted by molar-refractivity contribution is -0.140. The number of carbonyl (C=O) groups excluding carboxylic acids is 4. The van der Waals surface area contributed by atoms with E-state index in [-0.39, 0.29) is 29.8 Å². The maximum Gasteiger partial charge on any atom is 0.407 e. The summed E-state index contributed by atoms with van der Waals surface area (Å²) in [6.45, 7) is 3.02. The zero-order valence-corrected chi connectivity index (χ0v) is 38.7. The van der Waals surface area contributed by atoms with E-state index in [0.717, 1.165) is 81.2 Å². The molecular weight excluding hydrogens is 869 g/mol. The first-order valence-electron chi connectivity index (χ1n) is 23.2. The number of H-pyrrole nitrogens is 2. The van der Waals surface area contributed by atoms with Gasteiger partial charge < -0.3 is 54.1 Å². The van der Waals surface area contributed by atoms with E-state index in [0.29, 0.717) is 49.3 Å². The van der Waals surface area contributed by atoms with Gasteiger partial charge in [0.1, 0.15) is 36.1 Å². The topological polar surface area (TPSA) is 202 Å². The minimum Gasteiger partial charge on any atom is -0.488 e. The molecule has 0 radical (unpaired) electrons. The molecule has 17 nitrogen and oxygen atoms in total. The summed E-state index contributed by atoms with van der Waals surface area (Å²) in [5.74, 6) is 2.03. The van der Waals surface area contributed by atoms with Crippen molar-refractivity contribution in [3.63, 3.8) is 0 Å². The van der Waals surface area contributed by atoms with Gasteiger partial charge in [-0.05, 0) is 90.4 Å². The number of carbonyl (C=O) groups is 4. The van der Waals surface area contributed by atoms with Crippen molar-refractivity contribution >= 4 is 45.8 Å². The first kappa shape index (κ1) is 44.8. The number of hydrogen-bond acceptors (Lipinski definition) is 11. The van der Waals surface area contributed by atoms with Crippen molar-refractivity contribution in [2.45, 2.75) is 81.9 Å². The van der Waals surface area contributed by atoms with Gasteiger partial charge in [-0.1, -0.05) is 55.0 Å². The van der Waals surface area contributed by atoms with Gasteiger partial charge in [0.2, 0.25) is 5.91 Å². The van der Waals surface area contributed by atoms with Gasteiger partial charge in [-0.15, -0.1) is 0 Å². The Bertz CT molecular complexity index is 2880. The van der Waals surface area contributed by atoms with Crippen molar-refractivity contribution in [1.82, 2.24) is 40.4 Å². The molecule has 4 N–H and O–H groups in total. The molecule has 0 bridgehead atoms. The molecule has 3 fully saturated rings. The van der Waals surface area contributed by atoms with E-state index >= 15 is 0 Å². The second-order valence-electron chi connectivity index (χ2n) is 18.3. The third kappa shape index (κ3) is 8.16. The highest BCUT2D eigenvalue weighted by Gasteiger charge is 2.50. The number of rotatable bonds is 12. The fraction of sp³-hybridized carbons (Fsp3) is 0.412. The van der Waals surface area contributed by atoms with Crippen molar-refractivity contribution in [3.8, 4) is 28.1 Å². The zero-order valence-electron chi connectivity index (χ0n) is 38.7. The van der Waals surface area contributed by atoms with Gasteiger partial charge >= 0.3 is 12.2 Å². The highest BCUT2D eigenvalue weighted by atomic mass is 16.5. The summed E-state index contributed by atoms with van der Waals surface area (Å²) in [7, 11) is 5.73. The van der Waals surface area contributed by atoms with Crippen LogP contribution in [-0.2, 0) is 35.1 Å². The Morgan fingerprint density at radius 3 is 2.44 bits per heavy atom. The van der Waals surface area contributed by atoms with Crippen LogP contribution in [0.15, 0.2) is 79.0 Å². The van der Waals surface area contributed by atoms with Crippen LogP contribution in [0.1, 0.15) is 79.9 Å². The quantitative estimate of drug-likeness (QED) is 0.0947. The van der Waals surface area contributed by atoms with Crippen LogP contribution in [-0.4, -0.2) is 114 Å². The SMILES string of the molecule is COC[C@H]1C[C@@H](c2nc3c(ccc4cc5c(cc43)OCc3cc(-c4cnc([C@@H]6CC7CCCC7N6C(=O)[C@@H](NC(=O)OC)[C@@H](C)OC)[nH]4)ccc3-5)[nH]2)N(C(=O)[C@H](NC(=O)OC)c2ccccc2)C1. The second kappa shape index (κ2) is 18.6. The molecule has 4 amide bonds. The van der Waals surface area contributed by atoms with Gasteiger partial charge in [-0.2, -0.15) is 0 Å². The molecule has 17 heteroatoms. The van der Waals surface area contributed by atoms with E-state index in [2.05, 4.69) is 57.0 Å². The summed E-state index contributed by atoms with van der Waals surface area (Å²) in [5.41, 5.74) is 7.08. The fourth-order valence-electron chi connectivity index (χ4n) is 11.1. The fourth-order valence-corrected chi connectivity index (χ4v) is 11.1. The van der Waals surface area contributed by atoms with E-state index in [9.17, 15) is 19.2 Å². The van der Waals surface area contributed by atoms with Gasteiger partial charge in [-0.3, -0.25) is 9.59 Å². The van der Waals surface area contributed by atoms with E-state index in [4.69, 9.17) is 33.7 Å². The minimum absolute atomic E-state index is 0.0499. The standard InChI is InChI=1S/C51H56N8O9/c1-27(65-3)43(56-50(62)66-4)49(61)59-39-13-9-12-32(39)21-41(59)46-52-23-38(54-46)31-14-16-34-33(19-31)26-68-42-22-35-30(20-36(34)42)15-17-37-45(35)55-47(53-37)40-18-28(25-64-2)24-58(40)48(60)44(57-51(63)67-5)29-10-7-6-8-11-29/h6-8,10-11,14-17,19-20,22-23,27-28,32,39-41,43-44H,9,12-13,18,21,24-26H2,1-5H3,(H,52,54)(H,53,55)(H,56,62)(H,57,63)/t27-,28+,32?,39?,40+,41+,43+,44-/m1/s1. The van der Waals surface area contributed by atoms with E-state index < -0.39 is 36.4 Å². The molecule has 68 heavy (non-hydrogen) atoms. The molecule has 8 atom stereocenters. The molecule has 5 heterocycles. The first-order valence-corrected chi connectivity index (χ1v) is 23.2. The number of methoxy groups -OCH3 is 4. The van der Waals surface area contributed by atoms with Crippen LogP contribution in [0.25, 0.3) is 44.2 Å². The van der Waals surface area contributed by atoms with E-state index in [1.54, 1.807) is 18.9 Å². The average molecular weight is 925 g/mol. The van der Waals surface area contributed by atoms with Gasteiger partial charge in [0.25, 0.3) is 5.91 Å². The summed E-state index contributed by atoms with van der Waals surface area (Å²) >= 11 is 0. The predicted molar refractivity (Wildman–Crippen MR) is 251 cm³/mol. The molecular formula is C51H56N8O9. The zero-order chi connectivity index (χ0) is 47.2. The first-order chi connectivity index (χ1) is 33.1. The lowest BCUT2D eigenvalue weighted by Crippen LogP contribution is -2.55. The molecule has 10 rings (SSSR count). The molecule has 354 valence electrons. The molecule has 0 spiro atoms. The maximum absolute atomic E-state index is 14.4. The number of imidazole rings is 2. The number of likely N-dealkylation sites (tertiary alicyclic amines) is 2. The third-order valence-electron chi connectivity index (χ3n) is 14.5. The molecule has 4 aromatic carbocycles. The van der Waals surface area contributed by atoms with Crippen LogP contribution < -0.4 is 15.4 Å². The second-order valence-corrected chi connectivity index (χ2v) is 18.3. The number of ether oxygens (including phenoxy) is 5. The predicted octanol–water partition coefficient (Wildman–Crippen LogP) is 7.50. The number of aromatic amines is 2. The van der Waals surface area contributed by atoms with Gasteiger partial charge in [0.15, 0.2) is 0 Å². The Morgan fingerprint density at radius 2 is 1.66 bits per heavy atom. The van der Waals surface area contributed by atoms with Crippen molar-refractivity contribution in [3.05, 3.63) is 102 Å². The summed E-state index contributed by atoms with van der Waals surface area (Å²) in [6.07, 6.45) is 4.25. The van der Waals surface area contributed by atoms with Crippen molar-refractivity contribution in [2.75, 3.05) is 41.6 Å². The number of nitrogens with zero attached hydrogens (tertiary/aromatic N) is 4. The highest BCUT2D eigenvalue weighted by Crippen LogP contribution is 2.48. The molecule has 2 aromatic heterocycles. The molecule has 6 aromatic rings. The lowest BCUT2D eigenvalue weighted by Gasteiger charge is -2.34. The lowest BCUT2D eigenvalue weighted by atomic mass is 9.92. The number of fused-ring (bicyclic) bond motifs is 7. The van der Waals surface area contributed by atoms with Gasteiger partial charge in [0.05, 0.1) is 61.9 Å². The number of hydrogen-bond donors (Lipinski definition) is 4. The Morgan fingerprint density at radius 1 is 0.853 bits per heavy atom. The number of amides is 4.